The maximum atomic E-state index is 13.2. The fourth-order valence-corrected chi connectivity index (χ4v) is 7.22. The Bertz CT molecular complexity index is 1960. The molecule has 2 fully saturated rings. The van der Waals surface area contributed by atoms with Crippen LogP contribution in [0.4, 0.5) is 5.69 Å². The fourth-order valence-electron chi connectivity index (χ4n) is 7.22. The molecule has 1 atom stereocenters. The topological polar surface area (TPSA) is 137 Å². The summed E-state index contributed by atoms with van der Waals surface area (Å²) >= 11 is 0. The number of hydrogen-bond donors (Lipinski definition) is 1. The monoisotopic (exact) mass is 770 g/mol. The molecule has 14 nitrogen and oxygen atoms in total. The Kier molecular flexibility index (Phi) is 14.8. The summed E-state index contributed by atoms with van der Waals surface area (Å²) in [5.74, 6) is -0.295. The number of aldehydes is 1. The summed E-state index contributed by atoms with van der Waals surface area (Å²) in [5.41, 5.74) is 4.75. The van der Waals surface area contributed by atoms with Crippen LogP contribution in [0.25, 0.3) is 21.8 Å². The van der Waals surface area contributed by atoms with Gasteiger partial charge in [-0.05, 0) is 55.7 Å². The van der Waals surface area contributed by atoms with Crippen LogP contribution in [0.2, 0.25) is 0 Å². The highest BCUT2D eigenvalue weighted by Crippen LogP contribution is 2.31. The number of carbonyl (C=O) groups excluding carboxylic acids is 3. The molecule has 1 unspecified atom stereocenters. The van der Waals surface area contributed by atoms with E-state index in [9.17, 15) is 14.4 Å². The fraction of sp³-hybridized carbons (Fsp3) is 0.476. The van der Waals surface area contributed by atoms with E-state index in [1.165, 1.54) is 44.5 Å². The Morgan fingerprint density at radius 1 is 0.893 bits per heavy atom. The number of fused-ring (bicyclic) bond motifs is 3. The second kappa shape index (κ2) is 20.3. The van der Waals surface area contributed by atoms with Crippen molar-refractivity contribution in [2.45, 2.75) is 25.3 Å². The number of nitrogens with zero attached hydrogens (tertiary/aromatic N) is 5. The van der Waals surface area contributed by atoms with Gasteiger partial charge < -0.3 is 43.4 Å². The van der Waals surface area contributed by atoms with Crippen molar-refractivity contribution in [2.75, 3.05) is 104 Å². The largest absolute Gasteiger partial charge is 0.491 e. The lowest BCUT2D eigenvalue weighted by molar-refractivity contribution is -0.125. The quantitative estimate of drug-likeness (QED) is 0.0971. The molecule has 0 bridgehead atoms. The molecule has 4 heterocycles. The maximum Gasteiger partial charge on any atom is 0.255 e. The summed E-state index contributed by atoms with van der Waals surface area (Å²) in [7, 11) is 3.68. The predicted octanol–water partition coefficient (Wildman–Crippen LogP) is 4.06. The second-order valence-electron chi connectivity index (χ2n) is 14.1. The number of likely N-dealkylation sites (N-methyl/N-ethyl adjacent to an activating group) is 1. The summed E-state index contributed by atoms with van der Waals surface area (Å²) in [6.07, 6.45) is 6.47. The van der Waals surface area contributed by atoms with Crippen molar-refractivity contribution in [3.63, 3.8) is 0 Å². The first kappa shape index (κ1) is 40.8. The number of piperazine rings is 1. The van der Waals surface area contributed by atoms with Crippen molar-refractivity contribution in [3.8, 4) is 5.75 Å². The number of allylic oxidation sites excluding steroid dienone is 1. The molecular weight excluding hydrogens is 716 g/mol. The van der Waals surface area contributed by atoms with E-state index >= 15 is 0 Å². The van der Waals surface area contributed by atoms with E-state index in [0.717, 1.165) is 39.1 Å². The summed E-state index contributed by atoms with van der Waals surface area (Å²) in [5, 5.41) is 5.13. The third-order valence-corrected chi connectivity index (χ3v) is 10.4. The van der Waals surface area contributed by atoms with Crippen LogP contribution in [0.15, 0.2) is 67.1 Å². The normalized spacial score (nSPS) is 16.4. The molecule has 56 heavy (non-hydrogen) atoms. The number of pyridine rings is 1. The number of aromatic nitrogens is 2. The van der Waals surface area contributed by atoms with Gasteiger partial charge in [0.05, 0.1) is 62.8 Å². The number of benzene rings is 2. The van der Waals surface area contributed by atoms with Gasteiger partial charge in [-0.25, -0.2) is 0 Å². The van der Waals surface area contributed by atoms with Gasteiger partial charge in [0.2, 0.25) is 5.91 Å². The Labute approximate surface area is 328 Å². The number of aryl methyl sites for hydroxylation is 1. The molecule has 6 rings (SSSR count). The lowest BCUT2D eigenvalue weighted by Gasteiger charge is -2.36. The zero-order valence-corrected chi connectivity index (χ0v) is 32.6. The standard InChI is InChI=1S/C42H54N6O8/c1-31-5-10-39(41(50)44-31)46(3)42(51)36-28-34(8-6-32(36)30-49)56-26-25-55-24-23-54-22-21-53-20-19-52-18-4-13-47-14-16-48(17-15-47)33-7-9-35-37-29-43-12-11-38(37)45(2)40(35)27-33/h6-9,11-12,27-30,39H,1,4-5,10,13-26H2,2-3H3,(H,44,50). The minimum Gasteiger partial charge on any atom is -0.491 e. The smallest absolute Gasteiger partial charge is 0.255 e. The molecular formula is C42H54N6O8. The molecule has 300 valence electrons. The summed E-state index contributed by atoms with van der Waals surface area (Å²) in [6.45, 7) is 13.0. The van der Waals surface area contributed by atoms with Crippen molar-refractivity contribution < 1.29 is 38.1 Å². The van der Waals surface area contributed by atoms with Gasteiger partial charge in [-0.15, -0.1) is 0 Å². The van der Waals surface area contributed by atoms with Crippen LogP contribution in [0, 0.1) is 0 Å². The molecule has 2 aromatic carbocycles. The highest BCUT2D eigenvalue weighted by atomic mass is 16.6. The predicted molar refractivity (Wildman–Crippen MR) is 214 cm³/mol. The molecule has 4 aromatic rings. The Balaban J connectivity index is 0.748. The van der Waals surface area contributed by atoms with Crippen LogP contribution in [-0.2, 0) is 30.8 Å². The molecule has 0 saturated carbocycles. The van der Waals surface area contributed by atoms with Crippen LogP contribution >= 0.6 is 0 Å². The van der Waals surface area contributed by atoms with Crippen LogP contribution in [0.5, 0.6) is 5.75 Å². The molecule has 0 spiro atoms. The van der Waals surface area contributed by atoms with Crippen molar-refractivity contribution in [2.24, 2.45) is 7.05 Å². The number of hydrogen-bond acceptors (Lipinski definition) is 11. The summed E-state index contributed by atoms with van der Waals surface area (Å²) in [4.78, 5) is 47.9. The molecule has 2 amide bonds. The van der Waals surface area contributed by atoms with Crippen molar-refractivity contribution in [3.05, 3.63) is 78.3 Å². The molecule has 1 N–H and O–H groups in total. The first-order chi connectivity index (χ1) is 27.3. The lowest BCUT2D eigenvalue weighted by atomic mass is 10.0. The van der Waals surface area contributed by atoms with Gasteiger partial charge in [-0.3, -0.25) is 24.3 Å². The minimum absolute atomic E-state index is 0.173. The molecule has 14 heteroatoms. The van der Waals surface area contributed by atoms with Crippen molar-refractivity contribution in [1.82, 2.24) is 24.7 Å². The Hall–Kier alpha value is -4.86. The van der Waals surface area contributed by atoms with E-state index in [-0.39, 0.29) is 23.6 Å². The summed E-state index contributed by atoms with van der Waals surface area (Å²) in [6, 6.07) is 12.9. The second-order valence-corrected chi connectivity index (χ2v) is 14.1. The number of ether oxygens (including phenoxy) is 5. The van der Waals surface area contributed by atoms with Gasteiger partial charge in [0.15, 0.2) is 6.29 Å². The van der Waals surface area contributed by atoms with Gasteiger partial charge in [-0.1, -0.05) is 12.6 Å². The minimum atomic E-state index is -0.642. The van der Waals surface area contributed by atoms with Crippen molar-refractivity contribution in [1.29, 1.82) is 0 Å². The average molecular weight is 771 g/mol. The zero-order chi connectivity index (χ0) is 39.3. The number of anilines is 1. The van der Waals surface area contributed by atoms with Gasteiger partial charge in [0, 0.05) is 93.5 Å². The van der Waals surface area contributed by atoms with E-state index in [1.54, 1.807) is 13.1 Å². The number of nitrogens with one attached hydrogen (secondary N) is 1. The molecule has 0 radical (unpaired) electrons. The molecule has 2 aromatic heterocycles. The molecule has 2 saturated heterocycles. The van der Waals surface area contributed by atoms with Crippen LogP contribution in [0.1, 0.15) is 40.0 Å². The van der Waals surface area contributed by atoms with Gasteiger partial charge in [0.25, 0.3) is 5.91 Å². The van der Waals surface area contributed by atoms with E-state index in [4.69, 9.17) is 23.7 Å². The molecule has 2 aliphatic heterocycles. The Morgan fingerprint density at radius 3 is 2.29 bits per heavy atom. The summed E-state index contributed by atoms with van der Waals surface area (Å²) < 4.78 is 30.6. The molecule has 2 aliphatic rings. The van der Waals surface area contributed by atoms with Gasteiger partial charge in [0.1, 0.15) is 18.4 Å². The number of rotatable bonds is 21. The average Bonchev–Trinajstić information content (AvgIpc) is 3.50. The number of piperidine rings is 1. The van der Waals surface area contributed by atoms with E-state index < -0.39 is 11.9 Å². The zero-order valence-electron chi connectivity index (χ0n) is 32.6. The maximum absolute atomic E-state index is 13.2. The van der Waals surface area contributed by atoms with Gasteiger partial charge >= 0.3 is 0 Å². The highest BCUT2D eigenvalue weighted by Gasteiger charge is 2.32. The first-order valence-corrected chi connectivity index (χ1v) is 19.4. The third-order valence-electron chi connectivity index (χ3n) is 10.4. The number of carbonyl (C=O) groups is 3. The molecule has 0 aliphatic carbocycles. The first-order valence-electron chi connectivity index (χ1n) is 19.4. The SMILES string of the molecule is C=C1CCC(N(C)C(=O)c2cc(OCCOCCOCCOCCOCCCN3CCN(c4ccc5c6cnccc6n(C)c5c4)CC3)ccc2C=O)C(=O)N1. The number of amides is 2. The highest BCUT2D eigenvalue weighted by molar-refractivity contribution is 6.08. The van der Waals surface area contributed by atoms with Crippen LogP contribution in [-0.4, -0.2) is 143 Å². The van der Waals surface area contributed by atoms with Gasteiger partial charge in [-0.2, -0.15) is 0 Å². The van der Waals surface area contributed by atoms with E-state index in [2.05, 4.69) is 62.6 Å². The lowest BCUT2D eigenvalue weighted by Crippen LogP contribution is -2.50. The van der Waals surface area contributed by atoms with Crippen LogP contribution < -0.4 is 15.0 Å². The van der Waals surface area contributed by atoms with E-state index in [0.29, 0.717) is 83.4 Å². The van der Waals surface area contributed by atoms with Crippen molar-refractivity contribution >= 4 is 45.6 Å². The van der Waals surface area contributed by atoms with E-state index in [1.807, 2.05) is 12.4 Å². The van der Waals surface area contributed by atoms with Crippen LogP contribution in [0.3, 0.4) is 0 Å². The third kappa shape index (κ3) is 10.5. The Morgan fingerprint density at radius 2 is 1.59 bits per heavy atom.